The molecular weight excluding hydrogens is 412 g/mol. The second-order valence-electron chi connectivity index (χ2n) is 9.30. The lowest BCUT2D eigenvalue weighted by atomic mass is 9.79. The zero-order valence-electron chi connectivity index (χ0n) is 19.8. The molecular formula is C27H32N4O2. The standard InChI is InChI=1S/C27H32N4O2/c1-5-14-31-23-12-11-20(15-22(23)19(2)16-27(31,3)4)17-29-30-25(32)18-33-24-10-6-8-21-9-7-13-28-26(21)24/h6-13,15,17,19H,5,14,16,18H2,1-4H3,(H,30,32)/b29-17-. The Labute approximate surface area is 195 Å². The molecule has 0 saturated heterocycles. The van der Waals surface area contributed by atoms with Crippen LogP contribution in [0.4, 0.5) is 5.69 Å². The molecule has 2 aromatic carbocycles. The quantitative estimate of drug-likeness (QED) is 0.398. The molecule has 172 valence electrons. The van der Waals surface area contributed by atoms with Crippen LogP contribution in [0.25, 0.3) is 10.9 Å². The van der Waals surface area contributed by atoms with Gasteiger partial charge in [-0.2, -0.15) is 5.10 Å². The number of pyridine rings is 1. The molecule has 0 aliphatic carbocycles. The number of anilines is 1. The molecule has 1 unspecified atom stereocenters. The van der Waals surface area contributed by atoms with E-state index in [1.54, 1.807) is 12.4 Å². The summed E-state index contributed by atoms with van der Waals surface area (Å²) in [7, 11) is 0. The SMILES string of the molecule is CCCN1c2ccc(/C=N\NC(=O)COc3cccc4cccnc34)cc2C(C)CC1(C)C. The van der Waals surface area contributed by atoms with E-state index in [0.29, 0.717) is 11.7 Å². The molecule has 0 fully saturated rings. The minimum Gasteiger partial charge on any atom is -0.481 e. The number of hydrogen-bond acceptors (Lipinski definition) is 5. The summed E-state index contributed by atoms with van der Waals surface area (Å²) in [6.07, 6.45) is 5.62. The highest BCUT2D eigenvalue weighted by Gasteiger charge is 2.35. The Hall–Kier alpha value is -3.41. The van der Waals surface area contributed by atoms with Crippen LogP contribution >= 0.6 is 0 Å². The average molecular weight is 445 g/mol. The van der Waals surface area contributed by atoms with E-state index in [9.17, 15) is 4.79 Å². The van der Waals surface area contributed by atoms with Gasteiger partial charge in [-0.15, -0.1) is 0 Å². The molecule has 1 atom stereocenters. The highest BCUT2D eigenvalue weighted by molar-refractivity contribution is 5.86. The maximum Gasteiger partial charge on any atom is 0.277 e. The van der Waals surface area contributed by atoms with Crippen molar-refractivity contribution in [2.45, 2.75) is 52.0 Å². The van der Waals surface area contributed by atoms with Crippen LogP contribution in [0.5, 0.6) is 5.75 Å². The Balaban J connectivity index is 1.39. The third-order valence-electron chi connectivity index (χ3n) is 6.21. The van der Waals surface area contributed by atoms with Crippen LogP contribution in [0.2, 0.25) is 0 Å². The lowest BCUT2D eigenvalue weighted by molar-refractivity contribution is -0.123. The summed E-state index contributed by atoms with van der Waals surface area (Å²) < 4.78 is 5.67. The highest BCUT2D eigenvalue weighted by atomic mass is 16.5. The number of aromatic nitrogens is 1. The van der Waals surface area contributed by atoms with Gasteiger partial charge in [0.25, 0.3) is 5.91 Å². The Morgan fingerprint density at radius 2 is 2.09 bits per heavy atom. The lowest BCUT2D eigenvalue weighted by Crippen LogP contribution is -2.48. The summed E-state index contributed by atoms with van der Waals surface area (Å²) in [5.41, 5.74) is 7.05. The molecule has 1 aromatic heterocycles. The second-order valence-corrected chi connectivity index (χ2v) is 9.30. The van der Waals surface area contributed by atoms with Crippen LogP contribution in [0, 0.1) is 0 Å². The largest absolute Gasteiger partial charge is 0.481 e. The number of nitrogens with zero attached hydrogens (tertiary/aromatic N) is 3. The summed E-state index contributed by atoms with van der Waals surface area (Å²) in [6, 6.07) is 15.9. The van der Waals surface area contributed by atoms with E-state index in [2.05, 4.69) is 66.3 Å². The molecule has 0 bridgehead atoms. The average Bonchev–Trinajstić information content (AvgIpc) is 2.80. The number of carbonyl (C=O) groups excluding carboxylic acids is 1. The molecule has 4 rings (SSSR count). The molecule has 1 aliphatic heterocycles. The predicted molar refractivity (Wildman–Crippen MR) is 134 cm³/mol. The van der Waals surface area contributed by atoms with Crippen LogP contribution in [0.3, 0.4) is 0 Å². The predicted octanol–water partition coefficient (Wildman–Crippen LogP) is 5.27. The summed E-state index contributed by atoms with van der Waals surface area (Å²) >= 11 is 0. The zero-order chi connectivity index (χ0) is 23.4. The molecule has 33 heavy (non-hydrogen) atoms. The van der Waals surface area contributed by atoms with Gasteiger partial charge in [-0.05, 0) is 68.0 Å². The number of hydrogen-bond donors (Lipinski definition) is 1. The molecule has 1 N–H and O–H groups in total. The number of hydrazone groups is 1. The van der Waals surface area contributed by atoms with Crippen molar-refractivity contribution in [1.29, 1.82) is 0 Å². The molecule has 1 amide bonds. The lowest BCUT2D eigenvalue weighted by Gasteiger charge is -2.47. The normalized spacial score (nSPS) is 17.2. The van der Waals surface area contributed by atoms with Crippen LogP contribution in [0.15, 0.2) is 59.8 Å². The van der Waals surface area contributed by atoms with Crippen LogP contribution in [0.1, 0.15) is 57.6 Å². The maximum atomic E-state index is 12.2. The zero-order valence-corrected chi connectivity index (χ0v) is 19.8. The topological polar surface area (TPSA) is 66.8 Å². The Morgan fingerprint density at radius 1 is 1.27 bits per heavy atom. The smallest absolute Gasteiger partial charge is 0.277 e. The maximum absolute atomic E-state index is 12.2. The summed E-state index contributed by atoms with van der Waals surface area (Å²) in [4.78, 5) is 19.1. The van der Waals surface area contributed by atoms with Gasteiger partial charge < -0.3 is 9.64 Å². The third kappa shape index (κ3) is 5.00. The van der Waals surface area contributed by atoms with Crippen molar-refractivity contribution >= 4 is 28.7 Å². The van der Waals surface area contributed by atoms with E-state index in [0.717, 1.165) is 35.9 Å². The van der Waals surface area contributed by atoms with Gasteiger partial charge in [0, 0.05) is 29.4 Å². The van der Waals surface area contributed by atoms with E-state index >= 15 is 0 Å². The van der Waals surface area contributed by atoms with Gasteiger partial charge in [0.1, 0.15) is 11.3 Å². The van der Waals surface area contributed by atoms with Gasteiger partial charge in [0.2, 0.25) is 0 Å². The molecule has 1 aliphatic rings. The third-order valence-corrected chi connectivity index (χ3v) is 6.21. The molecule has 0 radical (unpaired) electrons. The van der Waals surface area contributed by atoms with Gasteiger partial charge >= 0.3 is 0 Å². The van der Waals surface area contributed by atoms with Crippen molar-refractivity contribution in [1.82, 2.24) is 10.4 Å². The molecule has 0 spiro atoms. The van der Waals surface area contributed by atoms with Crippen LogP contribution in [-0.2, 0) is 4.79 Å². The molecule has 6 heteroatoms. The first kappa shape index (κ1) is 22.8. The summed E-state index contributed by atoms with van der Waals surface area (Å²) in [5, 5.41) is 5.11. The number of ether oxygens (including phenoxy) is 1. The van der Waals surface area contributed by atoms with E-state index in [4.69, 9.17) is 4.74 Å². The number of para-hydroxylation sites is 1. The minimum absolute atomic E-state index is 0.130. The van der Waals surface area contributed by atoms with Crippen molar-refractivity contribution in [3.8, 4) is 5.75 Å². The first-order valence-corrected chi connectivity index (χ1v) is 11.6. The van der Waals surface area contributed by atoms with E-state index in [1.165, 1.54) is 11.3 Å². The monoisotopic (exact) mass is 444 g/mol. The number of amides is 1. The van der Waals surface area contributed by atoms with E-state index in [1.807, 2.05) is 30.3 Å². The van der Waals surface area contributed by atoms with Gasteiger partial charge in [-0.3, -0.25) is 9.78 Å². The van der Waals surface area contributed by atoms with Gasteiger partial charge in [0.05, 0.1) is 6.21 Å². The fraction of sp³-hybridized carbons (Fsp3) is 0.370. The highest BCUT2D eigenvalue weighted by Crippen LogP contribution is 2.43. The van der Waals surface area contributed by atoms with Crippen LogP contribution in [-0.4, -0.2) is 35.8 Å². The van der Waals surface area contributed by atoms with Crippen molar-refractivity contribution < 1.29 is 9.53 Å². The van der Waals surface area contributed by atoms with Crippen molar-refractivity contribution in [2.24, 2.45) is 5.10 Å². The first-order chi connectivity index (χ1) is 15.9. The van der Waals surface area contributed by atoms with Crippen molar-refractivity contribution in [2.75, 3.05) is 18.1 Å². The van der Waals surface area contributed by atoms with Crippen LogP contribution < -0.4 is 15.1 Å². The Bertz CT molecular complexity index is 1170. The van der Waals surface area contributed by atoms with E-state index in [-0.39, 0.29) is 18.1 Å². The fourth-order valence-corrected chi connectivity index (χ4v) is 4.78. The summed E-state index contributed by atoms with van der Waals surface area (Å²) in [6.45, 7) is 10.1. The minimum atomic E-state index is -0.318. The van der Waals surface area contributed by atoms with Gasteiger partial charge in [-0.25, -0.2) is 5.43 Å². The number of nitrogens with one attached hydrogen (secondary N) is 1. The number of benzene rings is 2. The Kier molecular flexibility index (Phi) is 6.63. The number of fused-ring (bicyclic) bond motifs is 2. The summed E-state index contributed by atoms with van der Waals surface area (Å²) in [5.74, 6) is 0.727. The van der Waals surface area contributed by atoms with E-state index < -0.39 is 0 Å². The molecule has 2 heterocycles. The van der Waals surface area contributed by atoms with Crippen molar-refractivity contribution in [3.63, 3.8) is 0 Å². The molecule has 0 saturated carbocycles. The second kappa shape index (κ2) is 9.61. The molecule has 3 aromatic rings. The fourth-order valence-electron chi connectivity index (χ4n) is 4.78. The van der Waals surface area contributed by atoms with Crippen molar-refractivity contribution in [3.05, 3.63) is 65.9 Å². The first-order valence-electron chi connectivity index (χ1n) is 11.6. The van der Waals surface area contributed by atoms with Gasteiger partial charge in [0.15, 0.2) is 6.61 Å². The molecule has 6 nitrogen and oxygen atoms in total. The number of rotatable bonds is 7. The Morgan fingerprint density at radius 3 is 2.91 bits per heavy atom. The van der Waals surface area contributed by atoms with Gasteiger partial charge in [-0.1, -0.05) is 38.1 Å². The number of carbonyl (C=O) groups is 1.